The van der Waals surface area contributed by atoms with Crippen LogP contribution in [-0.4, -0.2) is 34.2 Å². The van der Waals surface area contributed by atoms with Gasteiger partial charge in [-0.05, 0) is 107 Å². The first-order valence-corrected chi connectivity index (χ1v) is 25.2. The molecule has 1 aliphatic carbocycles. The van der Waals surface area contributed by atoms with Crippen molar-refractivity contribution in [2.24, 2.45) is 9.98 Å². The summed E-state index contributed by atoms with van der Waals surface area (Å²) in [5.74, 6) is 1.66. The van der Waals surface area contributed by atoms with E-state index in [1.165, 1.54) is 86.9 Å². The van der Waals surface area contributed by atoms with Crippen molar-refractivity contribution in [2.75, 3.05) is 11.9 Å². The predicted molar refractivity (Wildman–Crippen MR) is 299 cm³/mol. The minimum absolute atomic E-state index is 0.123. The van der Waals surface area contributed by atoms with Crippen LogP contribution in [0, 0.1) is 0 Å². The second-order valence-corrected chi connectivity index (χ2v) is 20.3. The van der Waals surface area contributed by atoms with E-state index in [2.05, 4.69) is 247 Å². The van der Waals surface area contributed by atoms with Crippen LogP contribution in [0.5, 0.6) is 0 Å². The molecule has 0 radical (unpaired) electrons. The molecule has 4 heterocycles. The molecule has 71 heavy (non-hydrogen) atoms. The van der Waals surface area contributed by atoms with Crippen molar-refractivity contribution in [1.82, 2.24) is 9.47 Å². The van der Waals surface area contributed by atoms with Gasteiger partial charge in [-0.1, -0.05) is 170 Å². The first kappa shape index (κ1) is 41.4. The molecule has 3 atom stereocenters. The summed E-state index contributed by atoms with van der Waals surface area (Å²) in [5.41, 5.74) is 15.3. The van der Waals surface area contributed by atoms with E-state index in [-0.39, 0.29) is 17.6 Å². The summed E-state index contributed by atoms with van der Waals surface area (Å²) in [6.07, 6.45) is 7.11. The number of fused-ring (bicyclic) bond motifs is 9. The highest BCUT2D eigenvalue weighted by Crippen LogP contribution is 2.53. The van der Waals surface area contributed by atoms with E-state index in [0.29, 0.717) is 0 Å². The van der Waals surface area contributed by atoms with Gasteiger partial charge in [0.05, 0.1) is 17.1 Å². The third kappa shape index (κ3) is 6.66. The fourth-order valence-electron chi connectivity index (χ4n) is 11.6. The lowest BCUT2D eigenvalue weighted by Crippen LogP contribution is -2.39. The fourth-order valence-corrected chi connectivity index (χ4v) is 12.7. The van der Waals surface area contributed by atoms with Crippen molar-refractivity contribution in [3.8, 4) is 16.8 Å². The Balaban J connectivity index is 0.769. The van der Waals surface area contributed by atoms with E-state index in [0.717, 1.165) is 28.4 Å². The molecule has 6 heteroatoms. The molecule has 14 rings (SSSR count). The Kier molecular flexibility index (Phi) is 9.48. The van der Waals surface area contributed by atoms with Gasteiger partial charge in [-0.25, -0.2) is 9.98 Å². The monoisotopic (exact) mass is 929 g/mol. The van der Waals surface area contributed by atoms with E-state index in [1.807, 2.05) is 29.5 Å². The number of aliphatic imine (C=N–C) groups is 2. The van der Waals surface area contributed by atoms with Crippen molar-refractivity contribution in [3.63, 3.8) is 0 Å². The minimum atomic E-state index is -0.238. The highest BCUT2D eigenvalue weighted by atomic mass is 32.1. The summed E-state index contributed by atoms with van der Waals surface area (Å²) in [5, 5.41) is 5.06. The van der Waals surface area contributed by atoms with Gasteiger partial charge in [-0.15, -0.1) is 11.3 Å². The molecule has 0 N–H and O–H groups in total. The number of benzene rings is 9. The number of hydrogen-bond acceptors (Lipinski definition) is 5. The number of anilines is 2. The Morgan fingerprint density at radius 2 is 1.18 bits per heavy atom. The standard InChI is InChI=1S/C65H47N5S/c1-65-41-48(46-29-35-57-53(38-46)51-22-12-14-24-56(51)69(57)49-20-10-5-11-21-49)31-37-61(65)70(58-25-15-13-23-55(58)65)50-32-26-42(27-33-50)45-30-36-59-54(39-45)52-34-28-47(40-60(52)71-59)64-67-62(43-16-6-3-7-17-43)66-63(68(64)2)44-18-8-4-9-19-44/h3-41,61,63H,1-2H3. The number of rotatable bonds is 7. The third-order valence-electron chi connectivity index (χ3n) is 15.1. The minimum Gasteiger partial charge on any atom is -0.333 e. The van der Waals surface area contributed by atoms with E-state index in [9.17, 15) is 0 Å². The lowest BCUT2D eigenvalue weighted by atomic mass is 9.73. The number of thiophene rings is 1. The van der Waals surface area contributed by atoms with Crippen molar-refractivity contribution >= 4 is 81.9 Å². The predicted octanol–water partition coefficient (Wildman–Crippen LogP) is 16.1. The van der Waals surface area contributed by atoms with Crippen molar-refractivity contribution < 1.29 is 0 Å². The Bertz CT molecular complexity index is 4030. The fraction of sp³-hybridized carbons (Fsp3) is 0.0769. The number of aromatic nitrogens is 1. The Labute approximate surface area is 416 Å². The maximum absolute atomic E-state index is 5.20. The molecule has 0 bridgehead atoms. The Hall–Kier alpha value is -8.58. The topological polar surface area (TPSA) is 36.1 Å². The number of allylic oxidation sites excluding steroid dienone is 2. The van der Waals surface area contributed by atoms with Crippen LogP contribution in [0.15, 0.2) is 247 Å². The molecule has 0 amide bonds. The van der Waals surface area contributed by atoms with E-state index in [4.69, 9.17) is 9.98 Å². The van der Waals surface area contributed by atoms with Crippen LogP contribution in [0.4, 0.5) is 11.4 Å². The number of para-hydroxylation sites is 3. The molecule has 5 nitrogen and oxygen atoms in total. The second kappa shape index (κ2) is 16.3. The average Bonchev–Trinajstić information content (AvgIpc) is 4.06. The van der Waals surface area contributed by atoms with Crippen LogP contribution < -0.4 is 4.90 Å². The highest BCUT2D eigenvalue weighted by Gasteiger charge is 2.47. The largest absolute Gasteiger partial charge is 0.333 e. The molecular formula is C65H47N5S. The van der Waals surface area contributed by atoms with Gasteiger partial charge < -0.3 is 14.4 Å². The Morgan fingerprint density at radius 3 is 2.01 bits per heavy atom. The van der Waals surface area contributed by atoms with Crippen LogP contribution in [0.2, 0.25) is 0 Å². The van der Waals surface area contributed by atoms with Crippen LogP contribution in [0.1, 0.15) is 40.9 Å². The van der Waals surface area contributed by atoms with Crippen LogP contribution in [-0.2, 0) is 5.41 Å². The summed E-state index contributed by atoms with van der Waals surface area (Å²) < 4.78 is 4.90. The normalized spacial score (nSPS) is 18.5. The van der Waals surface area contributed by atoms with Gasteiger partial charge in [0, 0.05) is 71.6 Å². The van der Waals surface area contributed by atoms with Gasteiger partial charge in [0.15, 0.2) is 5.84 Å². The molecular weight excluding hydrogens is 883 g/mol. The summed E-state index contributed by atoms with van der Waals surface area (Å²) in [6.45, 7) is 2.41. The quantitative estimate of drug-likeness (QED) is 0.160. The summed E-state index contributed by atoms with van der Waals surface area (Å²) in [4.78, 5) is 15.1. The number of nitrogens with zero attached hydrogens (tertiary/aromatic N) is 5. The van der Waals surface area contributed by atoms with Gasteiger partial charge in [0.2, 0.25) is 0 Å². The van der Waals surface area contributed by atoms with Crippen LogP contribution in [0.3, 0.4) is 0 Å². The van der Waals surface area contributed by atoms with Gasteiger partial charge in [0.1, 0.15) is 12.0 Å². The maximum atomic E-state index is 5.20. The molecule has 3 aliphatic rings. The lowest BCUT2D eigenvalue weighted by molar-refractivity contribution is 0.383. The average molecular weight is 930 g/mol. The number of hydrogen-bond donors (Lipinski definition) is 0. The molecule has 2 aromatic heterocycles. The van der Waals surface area contributed by atoms with Gasteiger partial charge >= 0.3 is 0 Å². The van der Waals surface area contributed by atoms with Gasteiger partial charge in [-0.3, -0.25) is 0 Å². The maximum Gasteiger partial charge on any atom is 0.159 e. The SMILES string of the molecule is CN1C(c2ccc3c(c2)sc2ccc(-c4ccc(N5c6ccccc6C6(C)C=C(c7ccc8c(c7)c7ccccc7n8-c7ccccc7)C=CC56)cc4)cc23)=NC(c2ccccc2)=NC1c1ccccc1. The molecule has 0 spiro atoms. The molecule has 338 valence electrons. The molecule has 0 saturated heterocycles. The molecule has 2 aliphatic heterocycles. The molecule has 3 unspecified atom stereocenters. The molecule has 0 saturated carbocycles. The van der Waals surface area contributed by atoms with Crippen LogP contribution in [0.25, 0.3) is 64.4 Å². The van der Waals surface area contributed by atoms with Crippen molar-refractivity contribution in [3.05, 3.63) is 264 Å². The lowest BCUT2D eigenvalue weighted by Gasteiger charge is -2.36. The molecule has 0 fully saturated rings. The van der Waals surface area contributed by atoms with Gasteiger partial charge in [0.25, 0.3) is 0 Å². The summed E-state index contributed by atoms with van der Waals surface area (Å²) in [7, 11) is 2.10. The van der Waals surface area contributed by atoms with Crippen molar-refractivity contribution in [1.29, 1.82) is 0 Å². The first-order chi connectivity index (χ1) is 35.0. The molecule has 11 aromatic rings. The molecule has 9 aromatic carbocycles. The van der Waals surface area contributed by atoms with E-state index in [1.54, 1.807) is 0 Å². The number of amidine groups is 2. The highest BCUT2D eigenvalue weighted by molar-refractivity contribution is 7.25. The van der Waals surface area contributed by atoms with Crippen LogP contribution >= 0.6 is 11.3 Å². The summed E-state index contributed by atoms with van der Waals surface area (Å²) in [6, 6.07) is 79.3. The van der Waals surface area contributed by atoms with E-state index >= 15 is 0 Å². The zero-order valence-electron chi connectivity index (χ0n) is 39.3. The summed E-state index contributed by atoms with van der Waals surface area (Å²) >= 11 is 1.84. The second-order valence-electron chi connectivity index (χ2n) is 19.2. The zero-order valence-corrected chi connectivity index (χ0v) is 40.1. The van der Waals surface area contributed by atoms with E-state index < -0.39 is 0 Å². The van der Waals surface area contributed by atoms with Crippen molar-refractivity contribution in [2.45, 2.75) is 24.5 Å². The zero-order chi connectivity index (χ0) is 47.2. The Morgan fingerprint density at radius 1 is 0.507 bits per heavy atom. The third-order valence-corrected chi connectivity index (χ3v) is 16.2. The smallest absolute Gasteiger partial charge is 0.159 e. The first-order valence-electron chi connectivity index (χ1n) is 24.4. The van der Waals surface area contributed by atoms with Gasteiger partial charge in [-0.2, -0.15) is 0 Å².